The zero-order valence-corrected chi connectivity index (χ0v) is 12.2. The van der Waals surface area contributed by atoms with Gasteiger partial charge in [0.1, 0.15) is 10.6 Å². The molecule has 0 amide bonds. The summed E-state index contributed by atoms with van der Waals surface area (Å²) in [5, 5.41) is 6.75. The number of aromatic nitrogens is 2. The number of nitrogens with two attached hydrogens (primary N) is 1. The topological polar surface area (TPSA) is 67.1 Å². The van der Waals surface area contributed by atoms with Crippen LogP contribution in [-0.4, -0.2) is 40.0 Å². The normalized spacial score (nSPS) is 26.8. The first-order chi connectivity index (χ1) is 9.79. The molecule has 2 aliphatic rings. The average Bonchev–Trinajstić information content (AvgIpc) is 3.05. The van der Waals surface area contributed by atoms with Crippen molar-refractivity contribution in [3.05, 3.63) is 11.4 Å². The van der Waals surface area contributed by atoms with Crippen LogP contribution in [-0.2, 0) is 0 Å². The van der Waals surface area contributed by atoms with E-state index < -0.39 is 0 Å². The predicted molar refractivity (Wildman–Crippen MR) is 83.1 cm³/mol. The van der Waals surface area contributed by atoms with E-state index in [1.165, 1.54) is 38.8 Å². The number of hydrogen-bond donors (Lipinski definition) is 2. The molecule has 20 heavy (non-hydrogen) atoms. The number of anilines is 2. The summed E-state index contributed by atoms with van der Waals surface area (Å²) in [6.45, 7) is 2.49. The summed E-state index contributed by atoms with van der Waals surface area (Å²) in [5.74, 6) is 1.27. The van der Waals surface area contributed by atoms with E-state index in [1.807, 2.05) is 5.38 Å². The number of nitrogens with one attached hydrogen (secondary N) is 1. The molecule has 5 nitrogen and oxygen atoms in total. The van der Waals surface area contributed by atoms with Gasteiger partial charge in [-0.05, 0) is 43.7 Å². The van der Waals surface area contributed by atoms with Crippen molar-refractivity contribution in [1.29, 1.82) is 0 Å². The molecule has 0 spiro atoms. The first kappa shape index (κ1) is 12.3. The Morgan fingerprint density at radius 2 is 2.25 bits per heavy atom. The molecular formula is C14H19N5S. The summed E-state index contributed by atoms with van der Waals surface area (Å²) < 4.78 is 0. The van der Waals surface area contributed by atoms with Crippen molar-refractivity contribution in [2.24, 2.45) is 0 Å². The molecule has 2 saturated heterocycles. The van der Waals surface area contributed by atoms with Gasteiger partial charge in [-0.3, -0.25) is 0 Å². The molecule has 0 aliphatic carbocycles. The lowest BCUT2D eigenvalue weighted by Crippen LogP contribution is -2.42. The largest absolute Gasteiger partial charge is 0.368 e. The van der Waals surface area contributed by atoms with Crippen LogP contribution in [0.2, 0.25) is 0 Å². The average molecular weight is 289 g/mol. The van der Waals surface area contributed by atoms with Gasteiger partial charge in [-0.1, -0.05) is 0 Å². The Balaban J connectivity index is 1.56. The van der Waals surface area contributed by atoms with Crippen LogP contribution in [0.1, 0.15) is 25.7 Å². The first-order valence-corrected chi connectivity index (χ1v) is 8.19. The summed E-state index contributed by atoms with van der Waals surface area (Å²) >= 11 is 1.61. The summed E-state index contributed by atoms with van der Waals surface area (Å²) in [6, 6.07) is 3.34. The quantitative estimate of drug-likeness (QED) is 0.888. The lowest BCUT2D eigenvalue weighted by atomic mass is 9.97. The summed E-state index contributed by atoms with van der Waals surface area (Å²) in [5.41, 5.74) is 5.81. The molecule has 6 heteroatoms. The molecule has 4 heterocycles. The highest BCUT2D eigenvalue weighted by atomic mass is 32.1. The minimum Gasteiger partial charge on any atom is -0.368 e. The van der Waals surface area contributed by atoms with Gasteiger partial charge in [0.15, 0.2) is 0 Å². The number of rotatable bonds is 2. The third-order valence-electron chi connectivity index (χ3n) is 4.50. The van der Waals surface area contributed by atoms with E-state index in [1.54, 1.807) is 11.3 Å². The van der Waals surface area contributed by atoms with Gasteiger partial charge in [-0.2, -0.15) is 4.98 Å². The van der Waals surface area contributed by atoms with E-state index in [9.17, 15) is 0 Å². The second-order valence-electron chi connectivity index (χ2n) is 5.77. The highest BCUT2D eigenvalue weighted by Gasteiger charge is 2.31. The summed E-state index contributed by atoms with van der Waals surface area (Å²) in [4.78, 5) is 12.3. The standard InChI is InChI=1S/C14H19N5S/c15-14-17-12(11-4-7-20-13(11)18-14)16-9-3-6-19-5-1-2-10(19)8-9/h4,7,9-10H,1-3,5-6,8H2,(H3,15,16,17,18). The summed E-state index contributed by atoms with van der Waals surface area (Å²) in [7, 11) is 0. The fraction of sp³-hybridized carbons (Fsp3) is 0.571. The second-order valence-corrected chi connectivity index (χ2v) is 6.66. The molecule has 2 unspecified atom stereocenters. The molecule has 0 radical (unpaired) electrons. The van der Waals surface area contributed by atoms with Gasteiger partial charge in [0.2, 0.25) is 5.95 Å². The molecule has 106 valence electrons. The number of fused-ring (bicyclic) bond motifs is 2. The Bertz CT molecular complexity index is 625. The Morgan fingerprint density at radius 3 is 3.20 bits per heavy atom. The number of hydrogen-bond acceptors (Lipinski definition) is 6. The highest BCUT2D eigenvalue weighted by Crippen LogP contribution is 2.31. The van der Waals surface area contributed by atoms with Gasteiger partial charge < -0.3 is 16.0 Å². The second kappa shape index (κ2) is 4.86. The molecule has 2 fully saturated rings. The maximum atomic E-state index is 5.81. The van der Waals surface area contributed by atoms with Crippen LogP contribution in [0.15, 0.2) is 11.4 Å². The van der Waals surface area contributed by atoms with E-state index in [-0.39, 0.29) is 0 Å². The third kappa shape index (κ3) is 2.13. The molecular weight excluding hydrogens is 270 g/mol. The molecule has 4 rings (SSSR count). The lowest BCUT2D eigenvalue weighted by molar-refractivity contribution is 0.188. The minimum atomic E-state index is 0.362. The third-order valence-corrected chi connectivity index (χ3v) is 5.31. The van der Waals surface area contributed by atoms with E-state index in [4.69, 9.17) is 5.73 Å². The Labute approximate surface area is 122 Å². The van der Waals surface area contributed by atoms with Crippen molar-refractivity contribution in [2.45, 2.75) is 37.8 Å². The van der Waals surface area contributed by atoms with Crippen molar-refractivity contribution in [3.8, 4) is 0 Å². The smallest absolute Gasteiger partial charge is 0.223 e. The SMILES string of the molecule is Nc1nc(NC2CCN3CCCC3C2)c2ccsc2n1. The van der Waals surface area contributed by atoms with Gasteiger partial charge in [-0.15, -0.1) is 11.3 Å². The number of nitrogen functional groups attached to an aromatic ring is 1. The van der Waals surface area contributed by atoms with Crippen LogP contribution >= 0.6 is 11.3 Å². The molecule has 2 atom stereocenters. The van der Waals surface area contributed by atoms with Crippen molar-refractivity contribution in [1.82, 2.24) is 14.9 Å². The van der Waals surface area contributed by atoms with E-state index in [0.717, 1.165) is 22.1 Å². The van der Waals surface area contributed by atoms with Crippen LogP contribution in [0.5, 0.6) is 0 Å². The number of thiophene rings is 1. The molecule has 0 bridgehead atoms. The van der Waals surface area contributed by atoms with Gasteiger partial charge in [0, 0.05) is 18.6 Å². The monoisotopic (exact) mass is 289 g/mol. The minimum absolute atomic E-state index is 0.362. The van der Waals surface area contributed by atoms with Crippen LogP contribution in [0.3, 0.4) is 0 Å². The number of piperidine rings is 1. The maximum absolute atomic E-state index is 5.81. The Hall–Kier alpha value is -1.40. The maximum Gasteiger partial charge on any atom is 0.223 e. The molecule has 0 aromatic carbocycles. The van der Waals surface area contributed by atoms with Gasteiger partial charge in [0.05, 0.1) is 5.39 Å². The zero-order valence-electron chi connectivity index (χ0n) is 11.4. The molecule has 2 aromatic rings. The fourth-order valence-corrected chi connectivity index (χ4v) is 4.30. The fourth-order valence-electron chi connectivity index (χ4n) is 3.53. The van der Waals surface area contributed by atoms with Gasteiger partial charge in [0.25, 0.3) is 0 Å². The van der Waals surface area contributed by atoms with Crippen molar-refractivity contribution >= 4 is 33.3 Å². The first-order valence-electron chi connectivity index (χ1n) is 7.31. The van der Waals surface area contributed by atoms with E-state index in [0.29, 0.717) is 12.0 Å². The van der Waals surface area contributed by atoms with Gasteiger partial charge in [-0.25, -0.2) is 4.98 Å². The zero-order chi connectivity index (χ0) is 13.5. The molecule has 2 aromatic heterocycles. The summed E-state index contributed by atoms with van der Waals surface area (Å²) in [6.07, 6.45) is 5.10. The van der Waals surface area contributed by atoms with Crippen LogP contribution in [0.25, 0.3) is 10.2 Å². The van der Waals surface area contributed by atoms with Crippen LogP contribution in [0, 0.1) is 0 Å². The van der Waals surface area contributed by atoms with Crippen molar-refractivity contribution < 1.29 is 0 Å². The van der Waals surface area contributed by atoms with Gasteiger partial charge >= 0.3 is 0 Å². The van der Waals surface area contributed by atoms with Crippen LogP contribution < -0.4 is 11.1 Å². The number of nitrogens with zero attached hydrogens (tertiary/aromatic N) is 3. The molecule has 0 saturated carbocycles. The van der Waals surface area contributed by atoms with Crippen LogP contribution in [0.4, 0.5) is 11.8 Å². The van der Waals surface area contributed by atoms with Crippen molar-refractivity contribution in [2.75, 3.05) is 24.1 Å². The lowest BCUT2D eigenvalue weighted by Gasteiger charge is -2.35. The Kier molecular flexibility index (Phi) is 3.00. The van der Waals surface area contributed by atoms with E-state index in [2.05, 4.69) is 26.3 Å². The molecule has 3 N–H and O–H groups in total. The van der Waals surface area contributed by atoms with E-state index >= 15 is 0 Å². The van der Waals surface area contributed by atoms with Crippen molar-refractivity contribution in [3.63, 3.8) is 0 Å². The predicted octanol–water partition coefficient (Wildman–Crippen LogP) is 2.31. The molecule has 2 aliphatic heterocycles. The Morgan fingerprint density at radius 1 is 1.30 bits per heavy atom. The highest BCUT2D eigenvalue weighted by molar-refractivity contribution is 7.16.